The number of hydrogen-bond donors (Lipinski definition) is 0. The van der Waals surface area contributed by atoms with Crippen LogP contribution in [0.4, 0.5) is 0 Å². The third kappa shape index (κ3) is 3.37. The fourth-order valence-corrected chi connectivity index (χ4v) is 1.30. The average molecular weight is 232 g/mol. The number of tetrazole rings is 1. The van der Waals surface area contributed by atoms with Crippen molar-refractivity contribution in [2.24, 2.45) is 7.05 Å². The predicted octanol–water partition coefficient (Wildman–Crippen LogP) is 0.401. The molecule has 0 unspecified atom stereocenters. The van der Waals surface area contributed by atoms with Crippen LogP contribution >= 0.6 is 0 Å². The van der Waals surface area contributed by atoms with E-state index in [-0.39, 0.29) is 18.8 Å². The Kier molecular flexibility index (Phi) is 3.44. The molecule has 0 bridgehead atoms. The number of nitrogens with zero attached hydrogens (tertiary/aromatic N) is 4. The Morgan fingerprint density at radius 2 is 2.12 bits per heavy atom. The van der Waals surface area contributed by atoms with E-state index in [9.17, 15) is 4.79 Å². The van der Waals surface area contributed by atoms with Crippen molar-refractivity contribution >= 4 is 5.78 Å². The summed E-state index contributed by atoms with van der Waals surface area (Å²) in [6.45, 7) is 0.0161. The lowest BCUT2D eigenvalue weighted by molar-refractivity contribution is -0.120. The van der Waals surface area contributed by atoms with Gasteiger partial charge in [-0.15, -0.1) is 10.2 Å². The molecule has 0 N–H and O–H groups in total. The van der Waals surface area contributed by atoms with E-state index in [1.165, 1.54) is 4.80 Å². The van der Waals surface area contributed by atoms with Crippen molar-refractivity contribution in [2.75, 3.05) is 6.61 Å². The predicted molar refractivity (Wildman–Crippen MR) is 59.4 cm³/mol. The monoisotopic (exact) mass is 232 g/mol. The summed E-state index contributed by atoms with van der Waals surface area (Å²) in [4.78, 5) is 12.9. The van der Waals surface area contributed by atoms with Gasteiger partial charge in [0.15, 0.2) is 11.6 Å². The quantitative estimate of drug-likeness (QED) is 0.746. The van der Waals surface area contributed by atoms with E-state index >= 15 is 0 Å². The van der Waals surface area contributed by atoms with E-state index in [0.717, 1.165) is 0 Å². The zero-order valence-electron chi connectivity index (χ0n) is 9.41. The van der Waals surface area contributed by atoms with Crippen LogP contribution in [-0.2, 0) is 18.3 Å². The molecular formula is C11H12N4O2. The van der Waals surface area contributed by atoms with Gasteiger partial charge in [0, 0.05) is 0 Å². The number of carbonyl (C=O) groups excluding carboxylic acids is 1. The number of Topliss-reactive ketones (excluding diaryl/α,β-unsaturated/α-hetero) is 1. The Bertz CT molecular complexity index is 495. The van der Waals surface area contributed by atoms with Gasteiger partial charge in [-0.25, -0.2) is 0 Å². The molecule has 0 atom stereocenters. The highest BCUT2D eigenvalue weighted by Gasteiger charge is 2.09. The van der Waals surface area contributed by atoms with Crippen molar-refractivity contribution in [3.05, 3.63) is 36.2 Å². The second-order valence-electron chi connectivity index (χ2n) is 3.51. The van der Waals surface area contributed by atoms with Crippen LogP contribution < -0.4 is 4.74 Å². The number of rotatable bonds is 5. The number of hydrogen-bond acceptors (Lipinski definition) is 5. The average Bonchev–Trinajstić information content (AvgIpc) is 2.73. The first kappa shape index (κ1) is 11.3. The lowest BCUT2D eigenvalue weighted by Gasteiger charge is -2.03. The molecule has 2 rings (SSSR count). The first-order chi connectivity index (χ1) is 8.24. The molecule has 0 spiro atoms. The van der Waals surface area contributed by atoms with E-state index in [4.69, 9.17) is 4.74 Å². The molecule has 1 heterocycles. The molecule has 0 amide bonds. The van der Waals surface area contributed by atoms with E-state index in [0.29, 0.717) is 11.6 Å². The lowest BCUT2D eigenvalue weighted by atomic mass is 10.3. The molecular weight excluding hydrogens is 220 g/mol. The zero-order chi connectivity index (χ0) is 12.1. The fourth-order valence-electron chi connectivity index (χ4n) is 1.30. The van der Waals surface area contributed by atoms with Crippen LogP contribution in [0.2, 0.25) is 0 Å². The van der Waals surface area contributed by atoms with Crippen LogP contribution in [0, 0.1) is 0 Å². The van der Waals surface area contributed by atoms with Crippen molar-refractivity contribution in [1.29, 1.82) is 0 Å². The van der Waals surface area contributed by atoms with E-state index < -0.39 is 0 Å². The molecule has 1 aromatic heterocycles. The van der Waals surface area contributed by atoms with Crippen LogP contribution in [0.25, 0.3) is 0 Å². The van der Waals surface area contributed by atoms with Gasteiger partial charge in [-0.1, -0.05) is 18.2 Å². The van der Waals surface area contributed by atoms with Crippen LogP contribution in [-0.4, -0.2) is 32.6 Å². The molecule has 0 aliphatic heterocycles. The van der Waals surface area contributed by atoms with Crippen molar-refractivity contribution < 1.29 is 9.53 Å². The van der Waals surface area contributed by atoms with Gasteiger partial charge in [0.2, 0.25) is 0 Å². The van der Waals surface area contributed by atoms with Gasteiger partial charge in [0.1, 0.15) is 12.4 Å². The highest BCUT2D eigenvalue weighted by Crippen LogP contribution is 2.08. The molecule has 0 saturated heterocycles. The van der Waals surface area contributed by atoms with E-state index in [1.807, 2.05) is 18.2 Å². The molecule has 17 heavy (non-hydrogen) atoms. The van der Waals surface area contributed by atoms with Crippen molar-refractivity contribution in [2.45, 2.75) is 6.42 Å². The van der Waals surface area contributed by atoms with Gasteiger partial charge in [0.05, 0.1) is 13.5 Å². The number of aromatic nitrogens is 4. The summed E-state index contributed by atoms with van der Waals surface area (Å²) >= 11 is 0. The van der Waals surface area contributed by atoms with Gasteiger partial charge < -0.3 is 4.74 Å². The lowest BCUT2D eigenvalue weighted by Crippen LogP contribution is -2.14. The number of benzene rings is 1. The van der Waals surface area contributed by atoms with Crippen molar-refractivity contribution in [1.82, 2.24) is 20.2 Å². The van der Waals surface area contributed by atoms with Gasteiger partial charge in [0.25, 0.3) is 0 Å². The van der Waals surface area contributed by atoms with E-state index in [2.05, 4.69) is 15.4 Å². The van der Waals surface area contributed by atoms with Crippen molar-refractivity contribution in [3.8, 4) is 5.75 Å². The maximum Gasteiger partial charge on any atom is 0.182 e. The smallest absolute Gasteiger partial charge is 0.182 e. The zero-order valence-corrected chi connectivity index (χ0v) is 9.41. The Morgan fingerprint density at radius 3 is 2.76 bits per heavy atom. The molecule has 2 aromatic rings. The Morgan fingerprint density at radius 1 is 1.35 bits per heavy atom. The summed E-state index contributed by atoms with van der Waals surface area (Å²) in [5.74, 6) is 1.00. The summed E-state index contributed by atoms with van der Waals surface area (Å²) in [5.41, 5.74) is 0. The van der Waals surface area contributed by atoms with Gasteiger partial charge in [-0.3, -0.25) is 4.79 Å². The molecule has 0 aliphatic carbocycles. The summed E-state index contributed by atoms with van der Waals surface area (Å²) < 4.78 is 5.31. The van der Waals surface area contributed by atoms with E-state index in [1.54, 1.807) is 19.2 Å². The fraction of sp³-hybridized carbons (Fsp3) is 0.273. The summed E-state index contributed by atoms with van der Waals surface area (Å²) in [5, 5.41) is 11.3. The minimum absolute atomic E-state index is 0.0161. The summed E-state index contributed by atoms with van der Waals surface area (Å²) in [6.07, 6.45) is 0.140. The molecule has 1 aromatic carbocycles. The molecule has 0 fully saturated rings. The minimum atomic E-state index is -0.0816. The second kappa shape index (κ2) is 5.20. The van der Waals surface area contributed by atoms with Crippen LogP contribution in [0.15, 0.2) is 30.3 Å². The van der Waals surface area contributed by atoms with Crippen LogP contribution in [0.3, 0.4) is 0 Å². The van der Waals surface area contributed by atoms with Gasteiger partial charge in [-0.2, -0.15) is 4.80 Å². The Balaban J connectivity index is 1.82. The van der Waals surface area contributed by atoms with Crippen LogP contribution in [0.1, 0.15) is 5.82 Å². The Hall–Kier alpha value is -2.24. The number of carbonyl (C=O) groups is 1. The molecule has 6 nitrogen and oxygen atoms in total. The SMILES string of the molecule is Cn1nnc(CC(=O)COc2ccccc2)n1. The third-order valence-electron chi connectivity index (χ3n) is 2.05. The number of ketones is 1. The van der Waals surface area contributed by atoms with Crippen molar-refractivity contribution in [3.63, 3.8) is 0 Å². The number of ether oxygens (including phenoxy) is 1. The highest BCUT2D eigenvalue weighted by molar-refractivity contribution is 5.81. The standard InChI is InChI=1S/C11H12N4O2/c1-15-13-11(12-14-15)7-9(16)8-17-10-5-3-2-4-6-10/h2-6H,7-8H2,1H3. The largest absolute Gasteiger partial charge is 0.486 e. The van der Waals surface area contributed by atoms with Crippen LogP contribution in [0.5, 0.6) is 5.75 Å². The maximum absolute atomic E-state index is 11.6. The molecule has 0 saturated carbocycles. The van der Waals surface area contributed by atoms with Gasteiger partial charge in [-0.05, 0) is 17.3 Å². The van der Waals surface area contributed by atoms with Gasteiger partial charge >= 0.3 is 0 Å². The molecule has 0 radical (unpaired) electrons. The normalized spacial score (nSPS) is 10.2. The minimum Gasteiger partial charge on any atom is -0.486 e. The maximum atomic E-state index is 11.6. The first-order valence-electron chi connectivity index (χ1n) is 5.16. The first-order valence-corrected chi connectivity index (χ1v) is 5.16. The topological polar surface area (TPSA) is 69.9 Å². The molecule has 88 valence electrons. The molecule has 0 aliphatic rings. The summed E-state index contributed by atoms with van der Waals surface area (Å²) in [6, 6.07) is 9.19. The molecule has 6 heteroatoms. The number of aryl methyl sites for hydroxylation is 1. The summed E-state index contributed by atoms with van der Waals surface area (Å²) in [7, 11) is 1.65. The highest BCUT2D eigenvalue weighted by atomic mass is 16.5. The second-order valence-corrected chi connectivity index (χ2v) is 3.51. The Labute approximate surface area is 98.2 Å². The third-order valence-corrected chi connectivity index (χ3v) is 2.05. The number of para-hydroxylation sites is 1.